The van der Waals surface area contributed by atoms with Gasteiger partial charge in [0.05, 0.1) is 6.10 Å². The molecule has 1 aromatic rings. The van der Waals surface area contributed by atoms with Crippen LogP contribution in [0.25, 0.3) is 0 Å². The van der Waals surface area contributed by atoms with Gasteiger partial charge in [-0.3, -0.25) is 0 Å². The fourth-order valence-electron chi connectivity index (χ4n) is 1.79. The van der Waals surface area contributed by atoms with Crippen LogP contribution in [0.2, 0.25) is 0 Å². The first-order valence-electron chi connectivity index (χ1n) is 6.77. The zero-order chi connectivity index (χ0) is 13.4. The van der Waals surface area contributed by atoms with E-state index in [1.807, 2.05) is 12.1 Å². The summed E-state index contributed by atoms with van der Waals surface area (Å²) in [6.07, 6.45) is 3.71. The summed E-state index contributed by atoms with van der Waals surface area (Å²) in [7, 11) is 0. The molecule has 18 heavy (non-hydrogen) atoms. The van der Waals surface area contributed by atoms with Gasteiger partial charge in [-0.1, -0.05) is 28.9 Å². The third kappa shape index (κ3) is 5.87. The topological polar surface area (TPSA) is 21.3 Å². The third-order valence-corrected chi connectivity index (χ3v) is 3.36. The number of hydrogen-bond acceptors (Lipinski definition) is 2. The fourth-order valence-corrected chi connectivity index (χ4v) is 2.13. The van der Waals surface area contributed by atoms with Crippen molar-refractivity contribution in [3.05, 3.63) is 28.2 Å². The molecule has 0 amide bonds. The van der Waals surface area contributed by atoms with Gasteiger partial charge in [0, 0.05) is 4.47 Å². The number of rotatable bonds is 8. The standard InChI is InChI=1S/C15H24BrNO/c1-4-9-17-10-5-6-13(3)18-15-11-14(16)8-7-12(15)2/h7-8,11,13,17H,4-6,9-10H2,1-3H3. The molecule has 0 bridgehead atoms. The molecule has 0 heterocycles. The molecule has 2 nitrogen and oxygen atoms in total. The molecule has 0 fully saturated rings. The minimum Gasteiger partial charge on any atom is -0.490 e. The lowest BCUT2D eigenvalue weighted by Gasteiger charge is -2.16. The summed E-state index contributed by atoms with van der Waals surface area (Å²) < 4.78 is 7.04. The molecule has 0 aliphatic rings. The van der Waals surface area contributed by atoms with Crippen LogP contribution >= 0.6 is 15.9 Å². The predicted molar refractivity (Wildman–Crippen MR) is 81.4 cm³/mol. The van der Waals surface area contributed by atoms with Crippen LogP contribution in [0.3, 0.4) is 0 Å². The Balaban J connectivity index is 2.30. The van der Waals surface area contributed by atoms with E-state index in [1.54, 1.807) is 0 Å². The molecule has 0 saturated heterocycles. The summed E-state index contributed by atoms with van der Waals surface area (Å²) >= 11 is 3.48. The normalized spacial score (nSPS) is 12.4. The Hall–Kier alpha value is -0.540. The van der Waals surface area contributed by atoms with Gasteiger partial charge in [0.2, 0.25) is 0 Å². The SMILES string of the molecule is CCCNCCCC(C)Oc1cc(Br)ccc1C. The Bertz CT molecular complexity index is 354. The number of hydrogen-bond donors (Lipinski definition) is 1. The molecule has 0 saturated carbocycles. The minimum atomic E-state index is 0.265. The highest BCUT2D eigenvalue weighted by atomic mass is 79.9. The van der Waals surface area contributed by atoms with Crippen molar-refractivity contribution >= 4 is 15.9 Å². The molecule has 0 spiro atoms. The number of aryl methyl sites for hydroxylation is 1. The average molecular weight is 314 g/mol. The van der Waals surface area contributed by atoms with E-state index in [4.69, 9.17) is 4.74 Å². The van der Waals surface area contributed by atoms with Gasteiger partial charge in [-0.25, -0.2) is 0 Å². The molecule has 1 aromatic carbocycles. The van der Waals surface area contributed by atoms with E-state index in [9.17, 15) is 0 Å². The zero-order valence-electron chi connectivity index (χ0n) is 11.6. The number of nitrogens with one attached hydrogen (secondary N) is 1. The molecule has 1 atom stereocenters. The van der Waals surface area contributed by atoms with Crippen LogP contribution < -0.4 is 10.1 Å². The van der Waals surface area contributed by atoms with Crippen molar-refractivity contribution in [1.82, 2.24) is 5.32 Å². The molecule has 1 N–H and O–H groups in total. The second-order valence-electron chi connectivity index (χ2n) is 4.73. The van der Waals surface area contributed by atoms with Crippen molar-refractivity contribution in [1.29, 1.82) is 0 Å². The Kier molecular flexibility index (Phi) is 7.36. The van der Waals surface area contributed by atoms with Crippen molar-refractivity contribution < 1.29 is 4.74 Å². The van der Waals surface area contributed by atoms with Gasteiger partial charge in [-0.15, -0.1) is 0 Å². The van der Waals surface area contributed by atoms with Crippen LogP contribution in [-0.2, 0) is 0 Å². The first-order valence-corrected chi connectivity index (χ1v) is 7.56. The van der Waals surface area contributed by atoms with Crippen LogP contribution in [-0.4, -0.2) is 19.2 Å². The Morgan fingerprint density at radius 1 is 1.33 bits per heavy atom. The predicted octanol–water partition coefficient (Wildman–Crippen LogP) is 4.30. The minimum absolute atomic E-state index is 0.265. The summed E-state index contributed by atoms with van der Waals surface area (Å²) in [4.78, 5) is 0. The first kappa shape index (κ1) is 15.5. The molecule has 0 aliphatic heterocycles. The van der Waals surface area contributed by atoms with E-state index in [0.717, 1.165) is 36.2 Å². The van der Waals surface area contributed by atoms with Crippen molar-refractivity contribution in [2.45, 2.75) is 46.1 Å². The molecule has 1 rings (SSSR count). The highest BCUT2D eigenvalue weighted by molar-refractivity contribution is 9.10. The third-order valence-electron chi connectivity index (χ3n) is 2.87. The van der Waals surface area contributed by atoms with E-state index in [2.05, 4.69) is 48.1 Å². The largest absolute Gasteiger partial charge is 0.490 e. The maximum atomic E-state index is 5.97. The van der Waals surface area contributed by atoms with Gasteiger partial charge in [-0.2, -0.15) is 0 Å². The van der Waals surface area contributed by atoms with Crippen LogP contribution in [0.4, 0.5) is 0 Å². The van der Waals surface area contributed by atoms with Gasteiger partial charge in [0.15, 0.2) is 0 Å². The van der Waals surface area contributed by atoms with Crippen molar-refractivity contribution in [3.8, 4) is 5.75 Å². The van der Waals surface area contributed by atoms with Crippen LogP contribution in [0, 0.1) is 6.92 Å². The highest BCUT2D eigenvalue weighted by Gasteiger charge is 2.06. The first-order chi connectivity index (χ1) is 8.63. The maximum Gasteiger partial charge on any atom is 0.123 e. The van der Waals surface area contributed by atoms with E-state index in [-0.39, 0.29) is 6.10 Å². The molecule has 1 unspecified atom stereocenters. The lowest BCUT2D eigenvalue weighted by atomic mass is 10.2. The Morgan fingerprint density at radius 2 is 2.11 bits per heavy atom. The van der Waals surface area contributed by atoms with Crippen molar-refractivity contribution in [3.63, 3.8) is 0 Å². The van der Waals surface area contributed by atoms with Crippen LogP contribution in [0.1, 0.15) is 38.7 Å². The van der Waals surface area contributed by atoms with E-state index in [0.29, 0.717) is 0 Å². The van der Waals surface area contributed by atoms with Crippen LogP contribution in [0.5, 0.6) is 5.75 Å². The second-order valence-corrected chi connectivity index (χ2v) is 5.65. The number of ether oxygens (including phenoxy) is 1. The number of halogens is 1. The molecule has 0 radical (unpaired) electrons. The van der Waals surface area contributed by atoms with E-state index in [1.165, 1.54) is 12.0 Å². The van der Waals surface area contributed by atoms with Gasteiger partial charge in [0.1, 0.15) is 5.75 Å². The molecule has 0 aromatic heterocycles. The summed E-state index contributed by atoms with van der Waals surface area (Å²) in [6, 6.07) is 6.16. The summed E-state index contributed by atoms with van der Waals surface area (Å²) in [5.74, 6) is 0.985. The summed E-state index contributed by atoms with van der Waals surface area (Å²) in [5, 5.41) is 3.41. The zero-order valence-corrected chi connectivity index (χ0v) is 13.2. The molecular weight excluding hydrogens is 290 g/mol. The Labute approximate surface area is 119 Å². The van der Waals surface area contributed by atoms with Gasteiger partial charge >= 0.3 is 0 Å². The summed E-state index contributed by atoms with van der Waals surface area (Å²) in [6.45, 7) is 8.60. The maximum absolute atomic E-state index is 5.97. The smallest absolute Gasteiger partial charge is 0.123 e. The van der Waals surface area contributed by atoms with Gasteiger partial charge < -0.3 is 10.1 Å². The van der Waals surface area contributed by atoms with Gasteiger partial charge in [0.25, 0.3) is 0 Å². The molecule has 3 heteroatoms. The lowest BCUT2D eigenvalue weighted by Crippen LogP contribution is -2.19. The Morgan fingerprint density at radius 3 is 2.83 bits per heavy atom. The fraction of sp³-hybridized carbons (Fsp3) is 0.600. The molecule has 102 valence electrons. The quantitative estimate of drug-likeness (QED) is 0.722. The highest BCUT2D eigenvalue weighted by Crippen LogP contribution is 2.24. The average Bonchev–Trinajstić information content (AvgIpc) is 2.33. The summed E-state index contributed by atoms with van der Waals surface area (Å²) in [5.41, 5.74) is 1.19. The van der Waals surface area contributed by atoms with E-state index < -0.39 is 0 Å². The number of benzene rings is 1. The van der Waals surface area contributed by atoms with Crippen molar-refractivity contribution in [2.75, 3.05) is 13.1 Å². The van der Waals surface area contributed by atoms with Crippen molar-refractivity contribution in [2.24, 2.45) is 0 Å². The second kappa shape index (κ2) is 8.54. The van der Waals surface area contributed by atoms with Crippen LogP contribution in [0.15, 0.2) is 22.7 Å². The van der Waals surface area contributed by atoms with Gasteiger partial charge in [-0.05, 0) is 63.9 Å². The molecule has 0 aliphatic carbocycles. The monoisotopic (exact) mass is 313 g/mol. The van der Waals surface area contributed by atoms with E-state index >= 15 is 0 Å². The lowest BCUT2D eigenvalue weighted by molar-refractivity contribution is 0.206. The molecular formula is C15H24BrNO.